The maximum absolute atomic E-state index is 12.9. The average Bonchev–Trinajstić information content (AvgIpc) is 3.09. The Bertz CT molecular complexity index is 1200. The Labute approximate surface area is 188 Å². The molecule has 4 heteroatoms. The molecule has 32 heavy (non-hydrogen) atoms. The van der Waals surface area contributed by atoms with Crippen molar-refractivity contribution in [1.82, 2.24) is 0 Å². The molecule has 0 saturated heterocycles. The van der Waals surface area contributed by atoms with Crippen LogP contribution in [0.1, 0.15) is 58.2 Å². The minimum Gasteiger partial charge on any atom is -0.485 e. The summed E-state index contributed by atoms with van der Waals surface area (Å²) >= 11 is 0. The van der Waals surface area contributed by atoms with Crippen molar-refractivity contribution < 1.29 is 19.1 Å². The van der Waals surface area contributed by atoms with E-state index in [4.69, 9.17) is 9.47 Å². The van der Waals surface area contributed by atoms with Gasteiger partial charge in [-0.2, -0.15) is 0 Å². The molecule has 3 aromatic rings. The summed E-state index contributed by atoms with van der Waals surface area (Å²) in [6, 6.07) is 20.5. The van der Waals surface area contributed by atoms with Crippen LogP contribution in [-0.4, -0.2) is 18.2 Å². The fourth-order valence-electron chi connectivity index (χ4n) is 3.61. The normalized spacial score (nSPS) is 14.2. The molecule has 0 saturated carbocycles. The zero-order chi connectivity index (χ0) is 22.9. The van der Waals surface area contributed by atoms with Gasteiger partial charge in [-0.3, -0.25) is 9.59 Å². The minimum absolute atomic E-state index is 0.0665. The van der Waals surface area contributed by atoms with Gasteiger partial charge < -0.3 is 9.47 Å². The number of benzene rings is 3. The summed E-state index contributed by atoms with van der Waals surface area (Å²) in [7, 11) is 0. The van der Waals surface area contributed by atoms with Crippen LogP contribution in [0.15, 0.2) is 72.5 Å². The van der Waals surface area contributed by atoms with Crippen LogP contribution in [0.3, 0.4) is 0 Å². The smallest absolute Gasteiger partial charge is 0.231 e. The van der Waals surface area contributed by atoms with Crippen LogP contribution < -0.4 is 9.47 Å². The third kappa shape index (κ3) is 4.35. The fourth-order valence-corrected chi connectivity index (χ4v) is 3.61. The van der Waals surface area contributed by atoms with E-state index in [1.54, 1.807) is 30.3 Å². The van der Waals surface area contributed by atoms with E-state index < -0.39 is 0 Å². The molecule has 0 unspecified atom stereocenters. The number of ether oxygens (including phenoxy) is 2. The Morgan fingerprint density at radius 2 is 1.66 bits per heavy atom. The van der Waals surface area contributed by atoms with E-state index in [2.05, 4.69) is 32.9 Å². The molecule has 162 valence electrons. The van der Waals surface area contributed by atoms with Crippen LogP contribution in [0.5, 0.6) is 11.5 Å². The molecular formula is C28H26O4. The van der Waals surface area contributed by atoms with Crippen LogP contribution in [0.25, 0.3) is 6.08 Å². The summed E-state index contributed by atoms with van der Waals surface area (Å²) in [5.41, 5.74) is 3.99. The van der Waals surface area contributed by atoms with Crippen LogP contribution in [0.4, 0.5) is 0 Å². The van der Waals surface area contributed by atoms with Crippen molar-refractivity contribution in [3.63, 3.8) is 0 Å². The lowest BCUT2D eigenvalue weighted by Gasteiger charge is -2.18. The molecule has 4 nitrogen and oxygen atoms in total. The highest BCUT2D eigenvalue weighted by Gasteiger charge is 2.30. The topological polar surface area (TPSA) is 52.6 Å². The van der Waals surface area contributed by atoms with Crippen LogP contribution in [-0.2, 0) is 5.41 Å². The molecule has 0 bridgehead atoms. The summed E-state index contributed by atoms with van der Waals surface area (Å²) < 4.78 is 11.7. The molecule has 0 atom stereocenters. The van der Waals surface area contributed by atoms with Gasteiger partial charge >= 0.3 is 0 Å². The third-order valence-electron chi connectivity index (χ3n) is 5.57. The van der Waals surface area contributed by atoms with E-state index in [1.807, 2.05) is 37.3 Å². The van der Waals surface area contributed by atoms with Crippen molar-refractivity contribution in [1.29, 1.82) is 0 Å². The Morgan fingerprint density at radius 1 is 0.969 bits per heavy atom. The van der Waals surface area contributed by atoms with Gasteiger partial charge in [-0.1, -0.05) is 75.4 Å². The Balaban J connectivity index is 1.52. The second kappa shape index (κ2) is 8.46. The van der Waals surface area contributed by atoms with E-state index in [9.17, 15) is 9.59 Å². The number of hydrogen-bond acceptors (Lipinski definition) is 4. The van der Waals surface area contributed by atoms with E-state index in [1.165, 1.54) is 5.56 Å². The van der Waals surface area contributed by atoms with Gasteiger partial charge in [0.05, 0.1) is 5.56 Å². The summed E-state index contributed by atoms with van der Waals surface area (Å²) in [4.78, 5) is 25.2. The van der Waals surface area contributed by atoms with Crippen LogP contribution >= 0.6 is 0 Å². The second-order valence-electron chi connectivity index (χ2n) is 8.96. The summed E-state index contributed by atoms with van der Waals surface area (Å²) in [6.07, 6.45) is 1.76. The molecule has 0 aliphatic carbocycles. The quantitative estimate of drug-likeness (QED) is 0.362. The molecule has 1 heterocycles. The van der Waals surface area contributed by atoms with Crippen molar-refractivity contribution in [3.8, 4) is 11.5 Å². The Morgan fingerprint density at radius 3 is 2.31 bits per heavy atom. The summed E-state index contributed by atoms with van der Waals surface area (Å²) in [5, 5.41) is 0. The van der Waals surface area contributed by atoms with E-state index in [0.29, 0.717) is 28.2 Å². The van der Waals surface area contributed by atoms with Crippen molar-refractivity contribution >= 4 is 17.6 Å². The number of carbonyl (C=O) groups excluding carboxylic acids is 2. The Hall–Kier alpha value is -3.66. The lowest BCUT2D eigenvalue weighted by molar-refractivity contribution is 0.0920. The van der Waals surface area contributed by atoms with Crippen LogP contribution in [0, 0.1) is 6.92 Å². The van der Waals surface area contributed by atoms with E-state index >= 15 is 0 Å². The first-order valence-electron chi connectivity index (χ1n) is 10.6. The van der Waals surface area contributed by atoms with Crippen molar-refractivity contribution in [2.24, 2.45) is 0 Å². The SMILES string of the molecule is Cc1c(OCC(=O)c2ccccc2)ccc2c1O/C(=C\c1ccc(C(C)(C)C)cc1)C2=O. The molecule has 1 aliphatic heterocycles. The molecule has 0 aromatic heterocycles. The first kappa shape index (κ1) is 21.6. The highest BCUT2D eigenvalue weighted by molar-refractivity contribution is 6.15. The molecular weight excluding hydrogens is 400 g/mol. The predicted octanol–water partition coefficient (Wildman–Crippen LogP) is 6.17. The lowest BCUT2D eigenvalue weighted by Crippen LogP contribution is -2.12. The maximum atomic E-state index is 12.9. The fraction of sp³-hybridized carbons (Fsp3) is 0.214. The monoisotopic (exact) mass is 426 g/mol. The van der Waals surface area contributed by atoms with Gasteiger partial charge in [-0.15, -0.1) is 0 Å². The highest BCUT2D eigenvalue weighted by atomic mass is 16.5. The molecule has 0 radical (unpaired) electrons. The van der Waals surface area contributed by atoms with Crippen LogP contribution in [0.2, 0.25) is 0 Å². The second-order valence-corrected chi connectivity index (χ2v) is 8.96. The largest absolute Gasteiger partial charge is 0.485 e. The number of fused-ring (bicyclic) bond motifs is 1. The standard InChI is InChI=1S/C28H26O4/c1-18-24(31-17-23(29)20-8-6-5-7-9-20)15-14-22-26(30)25(32-27(18)22)16-19-10-12-21(13-11-19)28(2,3)4/h5-16H,17H2,1-4H3/b25-16-. The minimum atomic E-state index is -0.157. The van der Waals surface area contributed by atoms with Crippen molar-refractivity contribution in [2.75, 3.05) is 6.61 Å². The zero-order valence-corrected chi connectivity index (χ0v) is 18.8. The first-order valence-corrected chi connectivity index (χ1v) is 10.6. The average molecular weight is 427 g/mol. The molecule has 4 rings (SSSR count). The van der Waals surface area contributed by atoms with E-state index in [0.717, 1.165) is 5.56 Å². The van der Waals surface area contributed by atoms with Gasteiger partial charge in [-0.05, 0) is 41.7 Å². The number of carbonyl (C=O) groups is 2. The number of Topliss-reactive ketones (excluding diaryl/α,β-unsaturated/α-hetero) is 2. The summed E-state index contributed by atoms with van der Waals surface area (Å²) in [5.74, 6) is 1.02. The van der Waals surface area contributed by atoms with Crippen molar-refractivity contribution in [3.05, 3.63) is 100 Å². The first-order chi connectivity index (χ1) is 15.2. The molecule has 0 N–H and O–H groups in total. The molecule has 0 fully saturated rings. The predicted molar refractivity (Wildman–Crippen MR) is 126 cm³/mol. The number of hydrogen-bond donors (Lipinski definition) is 0. The molecule has 1 aliphatic rings. The van der Waals surface area contributed by atoms with Gasteiger partial charge in [-0.25, -0.2) is 0 Å². The zero-order valence-electron chi connectivity index (χ0n) is 18.8. The molecule has 0 spiro atoms. The van der Waals surface area contributed by atoms with Gasteiger partial charge in [0.25, 0.3) is 0 Å². The number of ketones is 2. The van der Waals surface area contributed by atoms with Gasteiger partial charge in [0, 0.05) is 11.1 Å². The van der Waals surface area contributed by atoms with Crippen molar-refractivity contribution in [2.45, 2.75) is 33.1 Å². The van der Waals surface area contributed by atoms with E-state index in [-0.39, 0.29) is 29.3 Å². The maximum Gasteiger partial charge on any atom is 0.231 e. The summed E-state index contributed by atoms with van der Waals surface area (Å²) in [6.45, 7) is 8.24. The van der Waals surface area contributed by atoms with Gasteiger partial charge in [0.2, 0.25) is 5.78 Å². The molecule has 0 amide bonds. The number of allylic oxidation sites excluding steroid dienone is 1. The van der Waals surface area contributed by atoms with Gasteiger partial charge in [0.15, 0.2) is 18.1 Å². The number of rotatable bonds is 5. The highest BCUT2D eigenvalue weighted by Crippen LogP contribution is 2.39. The lowest BCUT2D eigenvalue weighted by atomic mass is 9.86. The molecule has 3 aromatic carbocycles. The van der Waals surface area contributed by atoms with Gasteiger partial charge in [0.1, 0.15) is 11.5 Å². The Kier molecular flexibility index (Phi) is 5.70. The third-order valence-corrected chi connectivity index (χ3v) is 5.57.